The van der Waals surface area contributed by atoms with Crippen molar-refractivity contribution < 1.29 is 23.7 Å². The van der Waals surface area contributed by atoms with Gasteiger partial charge in [0.15, 0.2) is 28.0 Å². The van der Waals surface area contributed by atoms with Gasteiger partial charge in [-0.1, -0.05) is 12.1 Å². The normalized spacial score (nSPS) is 18.5. The van der Waals surface area contributed by atoms with Crippen LogP contribution in [0.2, 0.25) is 0 Å². The molecule has 28 heavy (non-hydrogen) atoms. The van der Waals surface area contributed by atoms with Crippen molar-refractivity contribution in [2.75, 3.05) is 35.0 Å². The Balaban J connectivity index is 1.76. The number of thiocarbonyl (C=S) groups is 1. The van der Waals surface area contributed by atoms with Gasteiger partial charge in [-0.2, -0.15) is 0 Å². The monoisotopic (exact) mass is 402 g/mol. The summed E-state index contributed by atoms with van der Waals surface area (Å²) in [4.78, 5) is 0. The summed E-state index contributed by atoms with van der Waals surface area (Å²) < 4.78 is 27.2. The van der Waals surface area contributed by atoms with Crippen LogP contribution in [-0.4, -0.2) is 40.1 Å². The van der Waals surface area contributed by atoms with E-state index in [4.69, 9.17) is 35.9 Å². The molecule has 2 atom stereocenters. The Morgan fingerprint density at radius 3 is 1.79 bits per heavy atom. The summed E-state index contributed by atoms with van der Waals surface area (Å²) in [5, 5.41) is 0.681. The fourth-order valence-electron chi connectivity index (χ4n) is 3.63. The molecule has 0 saturated carbocycles. The highest BCUT2D eigenvalue weighted by molar-refractivity contribution is 7.80. The Labute approximate surface area is 171 Å². The van der Waals surface area contributed by atoms with Gasteiger partial charge in [0.2, 0.25) is 0 Å². The van der Waals surface area contributed by atoms with Crippen LogP contribution in [0, 0.1) is 11.8 Å². The molecule has 1 aliphatic heterocycles. The lowest BCUT2D eigenvalue weighted by atomic mass is 9.85. The lowest BCUT2D eigenvalue weighted by Crippen LogP contribution is -2.20. The Bertz CT molecular complexity index is 836. The predicted octanol–water partition coefficient (Wildman–Crippen LogP) is 4.10. The lowest BCUT2D eigenvalue weighted by Gasteiger charge is -2.18. The van der Waals surface area contributed by atoms with Crippen LogP contribution in [0.25, 0.3) is 0 Å². The minimum atomic E-state index is 0.168. The van der Waals surface area contributed by atoms with E-state index < -0.39 is 0 Å². The Hall–Kier alpha value is -2.47. The van der Waals surface area contributed by atoms with Crippen LogP contribution in [0.5, 0.6) is 23.0 Å². The van der Waals surface area contributed by atoms with Crippen LogP contribution in [0.3, 0.4) is 0 Å². The first-order valence-corrected chi connectivity index (χ1v) is 9.58. The van der Waals surface area contributed by atoms with Crippen LogP contribution in [0.15, 0.2) is 36.4 Å². The van der Waals surface area contributed by atoms with Crippen molar-refractivity contribution in [3.8, 4) is 23.0 Å². The van der Waals surface area contributed by atoms with E-state index >= 15 is 0 Å². The van der Waals surface area contributed by atoms with Gasteiger partial charge >= 0.3 is 0 Å². The predicted molar refractivity (Wildman–Crippen MR) is 112 cm³/mol. The van der Waals surface area contributed by atoms with E-state index in [-0.39, 0.29) is 5.92 Å². The van der Waals surface area contributed by atoms with E-state index in [1.165, 1.54) is 5.56 Å². The largest absolute Gasteiger partial charge is 0.493 e. The number of hydrogen-bond acceptors (Lipinski definition) is 6. The van der Waals surface area contributed by atoms with Crippen LogP contribution < -0.4 is 18.9 Å². The molecule has 1 fully saturated rings. The molecule has 6 heteroatoms. The van der Waals surface area contributed by atoms with Gasteiger partial charge in [-0.3, -0.25) is 0 Å². The topological polar surface area (TPSA) is 46.2 Å². The smallest absolute Gasteiger partial charge is 0.163 e. The molecule has 0 N–H and O–H groups in total. The zero-order chi connectivity index (χ0) is 20.1. The van der Waals surface area contributed by atoms with Crippen molar-refractivity contribution in [1.29, 1.82) is 0 Å². The third kappa shape index (κ3) is 4.33. The first kappa shape index (κ1) is 20.3. The van der Waals surface area contributed by atoms with E-state index in [0.29, 0.717) is 17.6 Å². The Morgan fingerprint density at radius 2 is 1.29 bits per heavy atom. The SMILES string of the molecule is COc1ccc(C[C@@H]2COC(=S)[C@H]2Cc2ccc(OC)c(OC)c2)cc1OC. The van der Waals surface area contributed by atoms with Crippen LogP contribution in [0.1, 0.15) is 11.1 Å². The molecule has 2 aromatic carbocycles. The highest BCUT2D eigenvalue weighted by Gasteiger charge is 2.34. The maximum absolute atomic E-state index is 5.75. The number of hydrogen-bond donors (Lipinski definition) is 0. The molecule has 0 spiro atoms. The molecule has 0 unspecified atom stereocenters. The van der Waals surface area contributed by atoms with Crippen molar-refractivity contribution in [2.24, 2.45) is 11.8 Å². The summed E-state index contributed by atoms with van der Waals surface area (Å²) in [6.45, 7) is 0.630. The number of ether oxygens (including phenoxy) is 5. The molecule has 0 aliphatic carbocycles. The molecule has 2 aromatic rings. The molecule has 0 radical (unpaired) electrons. The average Bonchev–Trinajstić information content (AvgIpc) is 3.06. The molecular formula is C22H26O5S. The highest BCUT2D eigenvalue weighted by atomic mass is 32.1. The van der Waals surface area contributed by atoms with Gasteiger partial charge in [-0.05, 0) is 60.5 Å². The fourth-order valence-corrected chi connectivity index (χ4v) is 3.97. The first-order chi connectivity index (χ1) is 13.6. The van der Waals surface area contributed by atoms with Crippen LogP contribution in [0.4, 0.5) is 0 Å². The molecule has 0 bridgehead atoms. The van der Waals surface area contributed by atoms with E-state index in [1.54, 1.807) is 28.4 Å². The van der Waals surface area contributed by atoms with Gasteiger partial charge in [0.1, 0.15) is 0 Å². The molecule has 1 aliphatic rings. The molecule has 150 valence electrons. The summed E-state index contributed by atoms with van der Waals surface area (Å²) in [5.41, 5.74) is 2.32. The first-order valence-electron chi connectivity index (χ1n) is 9.18. The van der Waals surface area contributed by atoms with Crippen molar-refractivity contribution in [2.45, 2.75) is 12.8 Å². The maximum atomic E-state index is 5.75. The second-order valence-corrected chi connectivity index (χ2v) is 7.19. The fraction of sp³-hybridized carbons (Fsp3) is 0.409. The zero-order valence-corrected chi connectivity index (χ0v) is 17.5. The van der Waals surface area contributed by atoms with Crippen LogP contribution >= 0.6 is 12.2 Å². The highest BCUT2D eigenvalue weighted by Crippen LogP contribution is 2.35. The molecule has 5 nitrogen and oxygen atoms in total. The van der Waals surface area contributed by atoms with Crippen LogP contribution in [-0.2, 0) is 17.6 Å². The summed E-state index contributed by atoms with van der Waals surface area (Å²) >= 11 is 5.51. The number of rotatable bonds is 8. The summed E-state index contributed by atoms with van der Waals surface area (Å²) in [6.07, 6.45) is 1.66. The summed E-state index contributed by atoms with van der Waals surface area (Å²) in [6, 6.07) is 12.0. The zero-order valence-electron chi connectivity index (χ0n) is 16.7. The van der Waals surface area contributed by atoms with E-state index in [9.17, 15) is 0 Å². The summed E-state index contributed by atoms with van der Waals surface area (Å²) in [5.74, 6) is 3.38. The molecule has 1 saturated heterocycles. The lowest BCUT2D eigenvalue weighted by molar-refractivity contribution is 0.294. The van der Waals surface area contributed by atoms with Crippen molar-refractivity contribution >= 4 is 17.3 Å². The average molecular weight is 403 g/mol. The Kier molecular flexibility index (Phi) is 6.62. The third-order valence-electron chi connectivity index (χ3n) is 5.16. The minimum Gasteiger partial charge on any atom is -0.493 e. The molecule has 0 aromatic heterocycles. The second-order valence-electron chi connectivity index (χ2n) is 6.78. The van der Waals surface area contributed by atoms with Crippen molar-refractivity contribution in [1.82, 2.24) is 0 Å². The maximum Gasteiger partial charge on any atom is 0.163 e. The van der Waals surface area contributed by atoms with Gasteiger partial charge in [0.25, 0.3) is 0 Å². The van der Waals surface area contributed by atoms with Gasteiger partial charge in [-0.25, -0.2) is 0 Å². The number of benzene rings is 2. The molecule has 1 heterocycles. The molecule has 3 rings (SSSR count). The standard InChI is InChI=1S/C22H26O5S/c1-23-18-7-5-14(11-20(18)25-3)9-16-13-27-22(28)17(16)10-15-6-8-19(24-2)21(12-15)26-4/h5-8,11-12,16-17H,9-10,13H2,1-4H3/t16-,17+/m1/s1. The van der Waals surface area contributed by atoms with Crippen molar-refractivity contribution in [3.63, 3.8) is 0 Å². The van der Waals surface area contributed by atoms with Gasteiger partial charge in [-0.15, -0.1) is 0 Å². The quantitative estimate of drug-likeness (QED) is 0.620. The van der Waals surface area contributed by atoms with Gasteiger partial charge in [0, 0.05) is 11.8 Å². The van der Waals surface area contributed by atoms with Crippen molar-refractivity contribution in [3.05, 3.63) is 47.5 Å². The second kappa shape index (κ2) is 9.15. The molecule has 0 amide bonds. The van der Waals surface area contributed by atoms with Gasteiger partial charge < -0.3 is 23.7 Å². The number of methoxy groups -OCH3 is 4. The van der Waals surface area contributed by atoms with E-state index in [2.05, 4.69) is 12.1 Å². The third-order valence-corrected chi connectivity index (χ3v) is 5.58. The van der Waals surface area contributed by atoms with E-state index in [1.807, 2.05) is 24.3 Å². The van der Waals surface area contributed by atoms with E-state index in [0.717, 1.165) is 41.4 Å². The minimum absolute atomic E-state index is 0.168. The molecular weight excluding hydrogens is 376 g/mol. The van der Waals surface area contributed by atoms with Gasteiger partial charge in [0.05, 0.1) is 35.0 Å². The summed E-state index contributed by atoms with van der Waals surface area (Å²) in [7, 11) is 6.57. The Morgan fingerprint density at radius 1 is 0.786 bits per heavy atom.